The normalized spacial score (nSPS) is 10.7. The van der Waals surface area contributed by atoms with Gasteiger partial charge >= 0.3 is 0 Å². The van der Waals surface area contributed by atoms with Crippen molar-refractivity contribution < 1.29 is 9.84 Å². The van der Waals surface area contributed by atoms with E-state index in [0.717, 1.165) is 17.9 Å². The minimum atomic E-state index is 0.0113. The summed E-state index contributed by atoms with van der Waals surface area (Å²) in [5.41, 5.74) is 0. The first-order valence-electron chi connectivity index (χ1n) is 5.00. The molecule has 2 rings (SSSR count). The number of hydrogen-bond donors (Lipinski definition) is 1. The van der Waals surface area contributed by atoms with E-state index in [1.165, 1.54) is 0 Å². The van der Waals surface area contributed by atoms with Crippen LogP contribution in [-0.4, -0.2) is 5.11 Å². The molecule has 20 heavy (non-hydrogen) atoms. The van der Waals surface area contributed by atoms with Crippen LogP contribution in [-0.2, 0) is 0 Å². The minimum Gasteiger partial charge on any atom is -0.503 e. The number of ether oxygens (including phenoxy) is 1. The van der Waals surface area contributed by atoms with E-state index in [2.05, 4.69) is 95.6 Å². The number of rotatable bonds is 2. The first-order valence-corrected chi connectivity index (χ1v) is 9.76. The molecule has 0 saturated carbocycles. The summed E-state index contributed by atoms with van der Waals surface area (Å²) in [6, 6.07) is 5.45. The molecule has 0 atom stereocenters. The van der Waals surface area contributed by atoms with Gasteiger partial charge in [0.2, 0.25) is 0 Å². The van der Waals surface area contributed by atoms with E-state index < -0.39 is 0 Å². The molecule has 0 saturated heterocycles. The van der Waals surface area contributed by atoms with Crippen LogP contribution in [0.2, 0.25) is 0 Å². The predicted octanol–water partition coefficient (Wildman–Crippen LogP) is 7.76. The molecule has 2 aromatic carbocycles. The van der Waals surface area contributed by atoms with Crippen LogP contribution in [0.5, 0.6) is 17.2 Å². The van der Waals surface area contributed by atoms with E-state index in [-0.39, 0.29) is 5.75 Å². The molecule has 106 valence electrons. The fourth-order valence-corrected chi connectivity index (χ4v) is 4.27. The molecule has 8 heteroatoms. The molecule has 0 amide bonds. The van der Waals surface area contributed by atoms with Crippen molar-refractivity contribution in [3.8, 4) is 17.2 Å². The molecule has 0 radical (unpaired) electrons. The van der Waals surface area contributed by atoms with Crippen LogP contribution in [0.3, 0.4) is 0 Å². The summed E-state index contributed by atoms with van der Waals surface area (Å²) in [5, 5.41) is 10.2. The molecule has 0 bridgehead atoms. The lowest BCUT2D eigenvalue weighted by molar-refractivity contribution is 0.405. The Bertz CT molecular complexity index is 686. The van der Waals surface area contributed by atoms with Crippen molar-refractivity contribution in [2.45, 2.75) is 0 Å². The van der Waals surface area contributed by atoms with Crippen molar-refractivity contribution in [2.24, 2.45) is 0 Å². The van der Waals surface area contributed by atoms with E-state index >= 15 is 0 Å². The van der Waals surface area contributed by atoms with Gasteiger partial charge in [0.15, 0.2) is 11.5 Å². The molecule has 0 spiro atoms. The van der Waals surface area contributed by atoms with Crippen LogP contribution in [0.25, 0.3) is 0 Å². The standard InChI is InChI=1S/C12H4Br6O2/c13-4-1-6(15)9(3-5(4)14)20-12-8(17)2-7(16)10(18)11(12)19/h1-3,19H. The van der Waals surface area contributed by atoms with Crippen LogP contribution in [0, 0.1) is 0 Å². The maximum Gasteiger partial charge on any atom is 0.184 e. The van der Waals surface area contributed by atoms with Crippen molar-refractivity contribution in [1.29, 1.82) is 0 Å². The van der Waals surface area contributed by atoms with Gasteiger partial charge in [0.1, 0.15) is 5.75 Å². The van der Waals surface area contributed by atoms with Gasteiger partial charge in [0, 0.05) is 13.4 Å². The third-order valence-electron chi connectivity index (χ3n) is 2.29. The quantitative estimate of drug-likeness (QED) is 0.334. The number of phenols is 1. The molecule has 0 fully saturated rings. The third-order valence-corrected chi connectivity index (χ3v) is 7.30. The Morgan fingerprint density at radius 1 is 0.700 bits per heavy atom. The third kappa shape index (κ3) is 3.63. The van der Waals surface area contributed by atoms with E-state index in [1.54, 1.807) is 12.1 Å². The molecule has 0 heterocycles. The first-order chi connectivity index (χ1) is 9.31. The average molecular weight is 660 g/mol. The number of hydrogen-bond acceptors (Lipinski definition) is 2. The van der Waals surface area contributed by atoms with Crippen LogP contribution >= 0.6 is 95.6 Å². The van der Waals surface area contributed by atoms with Crippen LogP contribution in [0.15, 0.2) is 45.0 Å². The zero-order valence-corrected chi connectivity index (χ0v) is 18.9. The predicted molar refractivity (Wildman–Crippen MR) is 101 cm³/mol. The van der Waals surface area contributed by atoms with E-state index in [4.69, 9.17) is 4.74 Å². The maximum atomic E-state index is 10.2. The van der Waals surface area contributed by atoms with Crippen molar-refractivity contribution in [3.05, 3.63) is 45.0 Å². The van der Waals surface area contributed by atoms with Gasteiger partial charge in [0.05, 0.1) is 13.4 Å². The average Bonchev–Trinajstić information content (AvgIpc) is 2.38. The van der Waals surface area contributed by atoms with E-state index in [1.807, 2.05) is 6.07 Å². The molecule has 0 aliphatic heterocycles. The summed E-state index contributed by atoms with van der Waals surface area (Å²) < 4.78 is 10.2. The monoisotopic (exact) mass is 654 g/mol. The highest BCUT2D eigenvalue weighted by atomic mass is 79.9. The van der Waals surface area contributed by atoms with Crippen molar-refractivity contribution in [1.82, 2.24) is 0 Å². The molecular weight excluding hydrogens is 656 g/mol. The van der Waals surface area contributed by atoms with Gasteiger partial charge in [-0.25, -0.2) is 0 Å². The molecular formula is C12H4Br6O2. The second kappa shape index (κ2) is 7.00. The Kier molecular flexibility index (Phi) is 6.05. The number of aromatic hydroxyl groups is 1. The topological polar surface area (TPSA) is 29.5 Å². The van der Waals surface area contributed by atoms with Gasteiger partial charge in [0.25, 0.3) is 0 Å². The molecule has 0 aromatic heterocycles. The maximum absolute atomic E-state index is 10.2. The lowest BCUT2D eigenvalue weighted by Gasteiger charge is -2.14. The first kappa shape index (κ1) is 17.3. The minimum absolute atomic E-state index is 0.0113. The van der Waals surface area contributed by atoms with Crippen molar-refractivity contribution in [3.63, 3.8) is 0 Å². The Hall–Kier alpha value is 0.920. The molecule has 2 aromatic rings. The largest absolute Gasteiger partial charge is 0.503 e. The van der Waals surface area contributed by atoms with Crippen molar-refractivity contribution in [2.75, 3.05) is 0 Å². The molecule has 0 aliphatic rings. The van der Waals surface area contributed by atoms with Gasteiger partial charge in [-0.05, 0) is 114 Å². The van der Waals surface area contributed by atoms with Crippen molar-refractivity contribution >= 4 is 95.6 Å². The van der Waals surface area contributed by atoms with Crippen LogP contribution < -0.4 is 4.74 Å². The Balaban J connectivity index is 2.51. The summed E-state index contributed by atoms with van der Waals surface area (Å²) in [6.45, 7) is 0. The fourth-order valence-electron chi connectivity index (χ4n) is 1.36. The van der Waals surface area contributed by atoms with Crippen LogP contribution in [0.4, 0.5) is 0 Å². The van der Waals surface area contributed by atoms with Gasteiger partial charge in [-0.2, -0.15) is 0 Å². The second-order valence-corrected chi connectivity index (χ2v) is 8.70. The van der Waals surface area contributed by atoms with E-state index in [0.29, 0.717) is 20.4 Å². The zero-order chi connectivity index (χ0) is 15.0. The number of benzene rings is 2. The van der Waals surface area contributed by atoms with Gasteiger partial charge < -0.3 is 9.84 Å². The number of phenolic OH excluding ortho intramolecular Hbond substituents is 1. The molecule has 2 nitrogen and oxygen atoms in total. The highest BCUT2D eigenvalue weighted by Crippen LogP contribution is 2.47. The van der Waals surface area contributed by atoms with Gasteiger partial charge in [-0.15, -0.1) is 0 Å². The second-order valence-electron chi connectivity index (χ2n) is 3.63. The van der Waals surface area contributed by atoms with Gasteiger partial charge in [-0.1, -0.05) is 0 Å². The highest BCUT2D eigenvalue weighted by Gasteiger charge is 2.17. The molecule has 0 unspecified atom stereocenters. The lowest BCUT2D eigenvalue weighted by Crippen LogP contribution is -1.90. The number of halogens is 6. The van der Waals surface area contributed by atoms with Crippen LogP contribution in [0.1, 0.15) is 0 Å². The van der Waals surface area contributed by atoms with E-state index in [9.17, 15) is 5.11 Å². The highest BCUT2D eigenvalue weighted by molar-refractivity contribution is 9.13. The molecule has 0 aliphatic carbocycles. The summed E-state index contributed by atoms with van der Waals surface area (Å²) in [7, 11) is 0. The summed E-state index contributed by atoms with van der Waals surface area (Å²) >= 11 is 20.3. The summed E-state index contributed by atoms with van der Waals surface area (Å²) in [5.74, 6) is 0.914. The SMILES string of the molecule is Oc1c(Br)c(Br)cc(Br)c1Oc1cc(Br)c(Br)cc1Br. The molecule has 1 N–H and O–H groups in total. The fraction of sp³-hybridized carbons (Fsp3) is 0. The lowest BCUT2D eigenvalue weighted by atomic mass is 10.3. The smallest absolute Gasteiger partial charge is 0.184 e. The zero-order valence-electron chi connectivity index (χ0n) is 9.36. The summed E-state index contributed by atoms with van der Waals surface area (Å²) in [6.07, 6.45) is 0. The Morgan fingerprint density at radius 3 is 1.90 bits per heavy atom. The van der Waals surface area contributed by atoms with Gasteiger partial charge in [-0.3, -0.25) is 0 Å². The Morgan fingerprint density at radius 2 is 1.25 bits per heavy atom. The summed E-state index contributed by atoms with van der Waals surface area (Å²) in [4.78, 5) is 0. The Labute approximate surface area is 166 Å².